The van der Waals surface area contributed by atoms with Crippen molar-refractivity contribution in [2.45, 2.75) is 25.3 Å². The summed E-state index contributed by atoms with van der Waals surface area (Å²) in [6.07, 6.45) is 3.41. The van der Waals surface area contributed by atoms with Gasteiger partial charge in [-0.1, -0.05) is 11.6 Å². The highest BCUT2D eigenvalue weighted by atomic mass is 35.5. The fraction of sp³-hybridized carbons (Fsp3) is 0.533. The zero-order chi connectivity index (χ0) is 17.0. The molecule has 0 heterocycles. The number of halogens is 1. The van der Waals surface area contributed by atoms with Crippen LogP contribution in [0.1, 0.15) is 19.3 Å². The third kappa shape index (κ3) is 5.67. The topological polar surface area (TPSA) is 98.5 Å². The molecule has 2 atom stereocenters. The summed E-state index contributed by atoms with van der Waals surface area (Å²) in [5.74, 6) is 0.0650. The maximum atomic E-state index is 12.3. The fourth-order valence-corrected chi connectivity index (χ4v) is 3.08. The molecule has 1 saturated carbocycles. The molecule has 6 nitrogen and oxygen atoms in total. The number of nitrogens with two attached hydrogens (primary N) is 1. The molecule has 23 heavy (non-hydrogen) atoms. The largest absolute Gasteiger partial charge is 0.490 e. The van der Waals surface area contributed by atoms with Gasteiger partial charge in [-0.25, -0.2) is 8.42 Å². The Morgan fingerprint density at radius 2 is 2.17 bits per heavy atom. The highest BCUT2D eigenvalue weighted by Crippen LogP contribution is 2.31. The Balaban J connectivity index is 2.04. The van der Waals surface area contributed by atoms with Crippen LogP contribution in [0.3, 0.4) is 0 Å². The average Bonchev–Trinajstić information content (AvgIpc) is 2.87. The van der Waals surface area contributed by atoms with Crippen LogP contribution in [0.25, 0.3) is 0 Å². The number of hydrogen-bond acceptors (Lipinski definition) is 5. The Bertz CT molecular complexity index is 678. The maximum absolute atomic E-state index is 12.3. The minimum absolute atomic E-state index is 0.0115. The average molecular weight is 361 g/mol. The summed E-state index contributed by atoms with van der Waals surface area (Å²) in [4.78, 5) is 12.3. The Labute approximate surface area is 141 Å². The van der Waals surface area contributed by atoms with Gasteiger partial charge in [-0.15, -0.1) is 0 Å². The summed E-state index contributed by atoms with van der Waals surface area (Å²) < 4.78 is 27.8. The molecule has 3 N–H and O–H groups in total. The second-order valence-corrected chi connectivity index (χ2v) is 8.57. The van der Waals surface area contributed by atoms with E-state index < -0.39 is 9.84 Å². The van der Waals surface area contributed by atoms with Crippen LogP contribution in [0.5, 0.6) is 5.75 Å². The van der Waals surface area contributed by atoms with Gasteiger partial charge in [0.25, 0.3) is 0 Å². The van der Waals surface area contributed by atoms with E-state index in [9.17, 15) is 13.2 Å². The summed E-state index contributed by atoms with van der Waals surface area (Å²) in [6, 6.07) is 4.89. The van der Waals surface area contributed by atoms with E-state index in [1.165, 1.54) is 0 Å². The van der Waals surface area contributed by atoms with E-state index in [-0.39, 0.29) is 30.2 Å². The smallest absolute Gasteiger partial charge is 0.227 e. The van der Waals surface area contributed by atoms with Crippen molar-refractivity contribution in [1.82, 2.24) is 0 Å². The molecule has 128 valence electrons. The molecule has 8 heteroatoms. The van der Waals surface area contributed by atoms with E-state index in [1.54, 1.807) is 18.2 Å². The second-order valence-electron chi connectivity index (χ2n) is 5.88. The Kier molecular flexibility index (Phi) is 5.89. The highest BCUT2D eigenvalue weighted by Gasteiger charge is 2.28. The van der Waals surface area contributed by atoms with Crippen LogP contribution >= 0.6 is 11.6 Å². The van der Waals surface area contributed by atoms with E-state index in [0.717, 1.165) is 19.1 Å². The van der Waals surface area contributed by atoms with E-state index in [2.05, 4.69) is 5.32 Å². The third-order valence-corrected chi connectivity index (χ3v) is 4.90. The van der Waals surface area contributed by atoms with Gasteiger partial charge in [0.05, 0.1) is 11.4 Å². The van der Waals surface area contributed by atoms with Crippen molar-refractivity contribution in [2.75, 3.05) is 23.9 Å². The quantitative estimate of drug-likeness (QED) is 0.806. The fourth-order valence-electron chi connectivity index (χ4n) is 2.52. The van der Waals surface area contributed by atoms with E-state index >= 15 is 0 Å². The van der Waals surface area contributed by atoms with E-state index in [1.807, 2.05) is 0 Å². The molecular weight excluding hydrogens is 340 g/mol. The van der Waals surface area contributed by atoms with Gasteiger partial charge in [-0.3, -0.25) is 4.79 Å². The Hall–Kier alpha value is -1.31. The number of amides is 1. The van der Waals surface area contributed by atoms with Crippen LogP contribution in [-0.4, -0.2) is 39.0 Å². The SMILES string of the molecule is CS(=O)(=O)CCOc1ccc(Cl)cc1NC(=O)C1CCC(N)C1. The Morgan fingerprint density at radius 3 is 2.78 bits per heavy atom. The number of hydrogen-bond donors (Lipinski definition) is 2. The first-order valence-corrected chi connectivity index (χ1v) is 9.85. The van der Waals surface area contributed by atoms with Gasteiger partial charge < -0.3 is 15.8 Å². The summed E-state index contributed by atoms with van der Waals surface area (Å²) in [5.41, 5.74) is 6.28. The molecule has 0 radical (unpaired) electrons. The maximum Gasteiger partial charge on any atom is 0.227 e. The zero-order valence-electron chi connectivity index (χ0n) is 12.9. The van der Waals surface area contributed by atoms with Gasteiger partial charge in [0.1, 0.15) is 12.4 Å². The summed E-state index contributed by atoms with van der Waals surface area (Å²) in [7, 11) is -3.11. The summed E-state index contributed by atoms with van der Waals surface area (Å²) in [6.45, 7) is 0.0115. The van der Waals surface area contributed by atoms with Crippen LogP contribution < -0.4 is 15.8 Å². The monoisotopic (exact) mass is 360 g/mol. The minimum atomic E-state index is -3.11. The molecule has 0 aromatic heterocycles. The molecular formula is C15H21ClN2O4S. The second kappa shape index (κ2) is 7.51. The number of rotatable bonds is 6. The molecule has 1 amide bonds. The first-order chi connectivity index (χ1) is 10.7. The van der Waals surface area contributed by atoms with Gasteiger partial charge in [0.2, 0.25) is 5.91 Å². The number of nitrogens with one attached hydrogen (secondary N) is 1. The molecule has 0 saturated heterocycles. The molecule has 0 bridgehead atoms. The lowest BCUT2D eigenvalue weighted by Gasteiger charge is -2.15. The van der Waals surface area contributed by atoms with Crippen molar-refractivity contribution in [3.63, 3.8) is 0 Å². The minimum Gasteiger partial charge on any atom is -0.490 e. The van der Waals surface area contributed by atoms with Crippen molar-refractivity contribution in [3.8, 4) is 5.75 Å². The van der Waals surface area contributed by atoms with Crippen LogP contribution in [-0.2, 0) is 14.6 Å². The number of benzene rings is 1. The predicted molar refractivity (Wildman–Crippen MR) is 90.6 cm³/mol. The number of sulfone groups is 1. The van der Waals surface area contributed by atoms with Crippen molar-refractivity contribution in [2.24, 2.45) is 11.7 Å². The first kappa shape index (κ1) is 18.0. The standard InChI is InChI=1S/C15H21ClN2O4S/c1-23(20,21)7-6-22-14-5-3-11(16)9-13(14)18-15(19)10-2-4-12(17)8-10/h3,5,9-10,12H,2,4,6-8,17H2,1H3,(H,18,19). The van der Waals surface area contributed by atoms with Crippen molar-refractivity contribution in [1.29, 1.82) is 0 Å². The van der Waals surface area contributed by atoms with Crippen molar-refractivity contribution >= 4 is 33.0 Å². The van der Waals surface area contributed by atoms with Gasteiger partial charge in [0.15, 0.2) is 9.84 Å². The molecule has 1 aromatic carbocycles. The van der Waals surface area contributed by atoms with Crippen LogP contribution in [0, 0.1) is 5.92 Å². The Morgan fingerprint density at radius 1 is 1.43 bits per heavy atom. The van der Waals surface area contributed by atoms with Gasteiger partial charge in [0, 0.05) is 23.2 Å². The molecule has 1 aliphatic rings. The third-order valence-electron chi connectivity index (χ3n) is 3.76. The summed E-state index contributed by atoms with van der Waals surface area (Å²) in [5, 5.41) is 3.27. The number of carbonyl (C=O) groups excluding carboxylic acids is 1. The van der Waals surface area contributed by atoms with E-state index in [0.29, 0.717) is 22.9 Å². The molecule has 0 spiro atoms. The van der Waals surface area contributed by atoms with Gasteiger partial charge in [-0.2, -0.15) is 0 Å². The molecule has 0 aliphatic heterocycles. The predicted octanol–water partition coefficient (Wildman–Crippen LogP) is 1.83. The number of anilines is 1. The highest BCUT2D eigenvalue weighted by molar-refractivity contribution is 7.90. The van der Waals surface area contributed by atoms with Crippen molar-refractivity contribution in [3.05, 3.63) is 23.2 Å². The molecule has 1 fully saturated rings. The van der Waals surface area contributed by atoms with E-state index in [4.69, 9.17) is 22.1 Å². The lowest BCUT2D eigenvalue weighted by Crippen LogP contribution is -2.23. The molecule has 2 unspecified atom stereocenters. The molecule has 1 aromatic rings. The first-order valence-electron chi connectivity index (χ1n) is 7.41. The normalized spacial score (nSPS) is 21.2. The number of ether oxygens (including phenoxy) is 1. The lowest BCUT2D eigenvalue weighted by molar-refractivity contribution is -0.119. The molecule has 1 aliphatic carbocycles. The van der Waals surface area contributed by atoms with Crippen LogP contribution in [0.2, 0.25) is 5.02 Å². The van der Waals surface area contributed by atoms with Crippen LogP contribution in [0.15, 0.2) is 18.2 Å². The number of carbonyl (C=O) groups is 1. The lowest BCUT2D eigenvalue weighted by atomic mass is 10.1. The van der Waals surface area contributed by atoms with Gasteiger partial charge in [-0.05, 0) is 37.5 Å². The van der Waals surface area contributed by atoms with Crippen molar-refractivity contribution < 1.29 is 17.9 Å². The van der Waals surface area contributed by atoms with Gasteiger partial charge >= 0.3 is 0 Å². The summed E-state index contributed by atoms with van der Waals surface area (Å²) >= 11 is 5.97. The zero-order valence-corrected chi connectivity index (χ0v) is 14.5. The van der Waals surface area contributed by atoms with Crippen LogP contribution in [0.4, 0.5) is 5.69 Å². The molecule has 2 rings (SSSR count).